The van der Waals surface area contributed by atoms with E-state index in [1.807, 2.05) is 84.9 Å². The zero-order chi connectivity index (χ0) is 21.6. The van der Waals surface area contributed by atoms with Crippen molar-refractivity contribution in [1.29, 1.82) is 0 Å². The second-order valence-electron chi connectivity index (χ2n) is 8.16. The number of esters is 1. The van der Waals surface area contributed by atoms with Crippen molar-refractivity contribution in [3.63, 3.8) is 0 Å². The summed E-state index contributed by atoms with van der Waals surface area (Å²) in [4.78, 5) is 28.8. The number of methoxy groups -OCH3 is 1. The Morgan fingerprint density at radius 1 is 0.903 bits per heavy atom. The first-order valence-electron chi connectivity index (χ1n) is 10.4. The minimum atomic E-state index is -1.06. The summed E-state index contributed by atoms with van der Waals surface area (Å²) in [6.45, 7) is 0. The fourth-order valence-corrected chi connectivity index (χ4v) is 5.39. The summed E-state index contributed by atoms with van der Waals surface area (Å²) >= 11 is 0. The molecule has 3 aromatic carbocycles. The summed E-state index contributed by atoms with van der Waals surface area (Å²) < 4.78 is 5.29. The van der Waals surface area contributed by atoms with Gasteiger partial charge in [0.05, 0.1) is 13.0 Å². The lowest BCUT2D eigenvalue weighted by atomic mass is 9.71. The summed E-state index contributed by atoms with van der Waals surface area (Å²) in [6.07, 6.45) is 0. The number of nitrogens with one attached hydrogen (secondary N) is 1. The van der Waals surface area contributed by atoms with Gasteiger partial charge in [-0.3, -0.25) is 14.9 Å². The van der Waals surface area contributed by atoms with Gasteiger partial charge in [0.25, 0.3) is 5.91 Å². The Kier molecular flexibility index (Phi) is 4.63. The average Bonchev–Trinajstić information content (AvgIpc) is 3.30. The molecule has 4 atom stereocenters. The van der Waals surface area contributed by atoms with Crippen LogP contribution in [0.3, 0.4) is 0 Å². The molecule has 0 aromatic heterocycles. The molecule has 2 heterocycles. The molecule has 1 spiro atoms. The topological polar surface area (TPSA) is 58.6 Å². The van der Waals surface area contributed by atoms with E-state index in [0.29, 0.717) is 0 Å². The lowest BCUT2D eigenvalue weighted by Gasteiger charge is -2.32. The van der Waals surface area contributed by atoms with Gasteiger partial charge < -0.3 is 9.64 Å². The van der Waals surface area contributed by atoms with E-state index in [1.165, 1.54) is 7.11 Å². The molecule has 0 saturated carbocycles. The van der Waals surface area contributed by atoms with Crippen molar-refractivity contribution in [2.45, 2.75) is 17.5 Å². The van der Waals surface area contributed by atoms with Gasteiger partial charge in [-0.05, 0) is 17.2 Å². The summed E-state index contributed by atoms with van der Waals surface area (Å²) in [5, 5.41) is 3.64. The molecule has 0 aliphatic carbocycles. The number of para-hydroxylation sites is 1. The summed E-state index contributed by atoms with van der Waals surface area (Å²) in [5.41, 5.74) is 2.58. The molecule has 1 fully saturated rings. The van der Waals surface area contributed by atoms with Gasteiger partial charge in [-0.2, -0.15) is 0 Å². The highest BCUT2D eigenvalue weighted by molar-refractivity contribution is 6.09. The van der Waals surface area contributed by atoms with Crippen LogP contribution in [0.5, 0.6) is 0 Å². The first kappa shape index (κ1) is 19.5. The summed E-state index contributed by atoms with van der Waals surface area (Å²) in [6, 6.07) is 27.1. The quantitative estimate of drug-likeness (QED) is 0.666. The van der Waals surface area contributed by atoms with Crippen LogP contribution in [-0.2, 0) is 19.9 Å². The van der Waals surface area contributed by atoms with Crippen molar-refractivity contribution in [3.05, 3.63) is 102 Å². The van der Waals surface area contributed by atoms with E-state index in [-0.39, 0.29) is 17.9 Å². The number of hydrogen-bond donors (Lipinski definition) is 1. The Bertz CT molecular complexity index is 1130. The van der Waals surface area contributed by atoms with Crippen LogP contribution < -0.4 is 10.2 Å². The summed E-state index contributed by atoms with van der Waals surface area (Å²) in [7, 11) is 3.20. The highest BCUT2D eigenvalue weighted by atomic mass is 16.5. The Morgan fingerprint density at radius 3 is 2.13 bits per heavy atom. The number of carbonyl (C=O) groups excluding carboxylic acids is 2. The minimum absolute atomic E-state index is 0.0603. The first-order valence-corrected chi connectivity index (χ1v) is 10.4. The van der Waals surface area contributed by atoms with E-state index in [2.05, 4.69) is 5.32 Å². The van der Waals surface area contributed by atoms with Crippen molar-refractivity contribution < 1.29 is 14.3 Å². The molecule has 5 nitrogen and oxygen atoms in total. The third kappa shape index (κ3) is 2.73. The highest BCUT2D eigenvalue weighted by Crippen LogP contribution is 2.58. The maximum atomic E-state index is 13.9. The number of hydrogen-bond acceptors (Lipinski definition) is 4. The molecule has 2 aliphatic rings. The highest BCUT2D eigenvalue weighted by Gasteiger charge is 2.65. The third-order valence-corrected chi connectivity index (χ3v) is 6.69. The zero-order valence-electron chi connectivity index (χ0n) is 17.5. The number of ether oxygens (including phenoxy) is 1. The van der Waals surface area contributed by atoms with Crippen molar-refractivity contribution in [3.8, 4) is 0 Å². The lowest BCUT2D eigenvalue weighted by Crippen LogP contribution is -2.49. The van der Waals surface area contributed by atoms with Crippen LogP contribution in [0.25, 0.3) is 0 Å². The van der Waals surface area contributed by atoms with Crippen molar-refractivity contribution in [2.24, 2.45) is 5.92 Å². The van der Waals surface area contributed by atoms with Crippen LogP contribution in [-0.4, -0.2) is 26.0 Å². The summed E-state index contributed by atoms with van der Waals surface area (Å²) in [5.74, 6) is -1.38. The second-order valence-corrected chi connectivity index (χ2v) is 8.16. The maximum Gasteiger partial charge on any atom is 0.311 e. The van der Waals surface area contributed by atoms with E-state index in [4.69, 9.17) is 4.74 Å². The molecule has 156 valence electrons. The Morgan fingerprint density at radius 2 is 1.48 bits per heavy atom. The number of carbonyl (C=O) groups is 2. The second kappa shape index (κ2) is 7.36. The van der Waals surface area contributed by atoms with Crippen molar-refractivity contribution >= 4 is 17.6 Å². The number of anilines is 1. The van der Waals surface area contributed by atoms with Gasteiger partial charge >= 0.3 is 5.97 Å². The first-order chi connectivity index (χ1) is 15.1. The van der Waals surface area contributed by atoms with Gasteiger partial charge in [0.1, 0.15) is 5.54 Å². The molecule has 5 heteroatoms. The van der Waals surface area contributed by atoms with Gasteiger partial charge in [-0.1, -0.05) is 78.9 Å². The number of rotatable bonds is 3. The predicted octanol–water partition coefficient (Wildman–Crippen LogP) is 3.78. The fourth-order valence-electron chi connectivity index (χ4n) is 5.39. The number of fused-ring (bicyclic) bond motifs is 2. The third-order valence-electron chi connectivity index (χ3n) is 6.69. The van der Waals surface area contributed by atoms with Gasteiger partial charge in [0.15, 0.2) is 0 Å². The van der Waals surface area contributed by atoms with E-state index in [9.17, 15) is 9.59 Å². The molecular weight excluding hydrogens is 388 g/mol. The minimum Gasteiger partial charge on any atom is -0.469 e. The molecule has 5 rings (SSSR count). The smallest absolute Gasteiger partial charge is 0.311 e. The largest absolute Gasteiger partial charge is 0.469 e. The molecule has 1 amide bonds. The van der Waals surface area contributed by atoms with Crippen LogP contribution in [0.15, 0.2) is 84.9 Å². The van der Waals surface area contributed by atoms with E-state index in [0.717, 1.165) is 22.4 Å². The Balaban J connectivity index is 1.80. The predicted molar refractivity (Wildman–Crippen MR) is 119 cm³/mol. The molecular formula is C26H24N2O3. The Labute approximate surface area is 181 Å². The van der Waals surface area contributed by atoms with E-state index < -0.39 is 17.4 Å². The monoisotopic (exact) mass is 412 g/mol. The number of nitrogens with zero attached hydrogens (tertiary/aromatic N) is 1. The Hall–Kier alpha value is -3.44. The van der Waals surface area contributed by atoms with Crippen LogP contribution in [0, 0.1) is 5.92 Å². The number of benzene rings is 3. The molecule has 0 radical (unpaired) electrons. The maximum absolute atomic E-state index is 13.9. The van der Waals surface area contributed by atoms with Crippen LogP contribution >= 0.6 is 0 Å². The average molecular weight is 412 g/mol. The van der Waals surface area contributed by atoms with E-state index >= 15 is 0 Å². The molecule has 0 unspecified atom stereocenters. The standard InChI is InChI=1S/C26H24N2O3/c1-28-20-16-10-9-15-19(20)26(25(28)30)22(17-11-5-3-6-12-17)21(24(29)31-2)23(27-26)18-13-7-4-8-14-18/h3-16,21-23,27H,1-2H3/t21-,22-,23-,26+/m1/s1. The number of likely N-dealkylation sites (N-methyl/N-ethyl adjacent to an activating group) is 1. The number of amides is 1. The van der Waals surface area contributed by atoms with Crippen LogP contribution in [0.1, 0.15) is 28.7 Å². The van der Waals surface area contributed by atoms with Gasteiger partial charge in [-0.15, -0.1) is 0 Å². The van der Waals surface area contributed by atoms with E-state index in [1.54, 1.807) is 11.9 Å². The molecule has 31 heavy (non-hydrogen) atoms. The molecule has 2 aliphatic heterocycles. The van der Waals surface area contributed by atoms with Crippen molar-refractivity contribution in [1.82, 2.24) is 5.32 Å². The van der Waals surface area contributed by atoms with Gasteiger partial charge in [0.2, 0.25) is 0 Å². The van der Waals surface area contributed by atoms with Crippen LogP contribution in [0.2, 0.25) is 0 Å². The zero-order valence-corrected chi connectivity index (χ0v) is 17.5. The lowest BCUT2D eigenvalue weighted by molar-refractivity contribution is -0.146. The van der Waals surface area contributed by atoms with Gasteiger partial charge in [0, 0.05) is 30.3 Å². The van der Waals surface area contributed by atoms with Gasteiger partial charge in [-0.25, -0.2) is 0 Å². The SMILES string of the molecule is COC(=O)[C@H]1[C@@H](c2ccccc2)N[C@]2(C(=O)N(C)c3ccccc32)[C@@H]1c1ccccc1. The normalized spacial score (nSPS) is 26.8. The molecule has 1 N–H and O–H groups in total. The molecule has 0 bridgehead atoms. The molecule has 3 aromatic rings. The van der Waals surface area contributed by atoms with Crippen molar-refractivity contribution in [2.75, 3.05) is 19.1 Å². The molecule has 1 saturated heterocycles. The fraction of sp³-hybridized carbons (Fsp3) is 0.231. The van der Waals surface area contributed by atoms with Crippen LogP contribution in [0.4, 0.5) is 5.69 Å².